The summed E-state index contributed by atoms with van der Waals surface area (Å²) in [7, 11) is 0. The summed E-state index contributed by atoms with van der Waals surface area (Å²) in [5.41, 5.74) is 0. The highest BCUT2D eigenvalue weighted by Crippen LogP contribution is 2.28. The van der Waals surface area contributed by atoms with Crippen LogP contribution in [0.4, 0.5) is 0 Å². The van der Waals surface area contributed by atoms with Crippen molar-refractivity contribution in [3.05, 3.63) is 0 Å². The van der Waals surface area contributed by atoms with E-state index in [1.165, 1.54) is 12.8 Å². The summed E-state index contributed by atoms with van der Waals surface area (Å²) in [5, 5.41) is 3.06. The minimum absolute atomic E-state index is 0.294. The third kappa shape index (κ3) is 4.67. The van der Waals surface area contributed by atoms with Gasteiger partial charge in [-0.1, -0.05) is 20.8 Å². The number of hydrogen-bond donors (Lipinski definition) is 1. The van der Waals surface area contributed by atoms with Gasteiger partial charge in [-0.05, 0) is 43.9 Å². The molecule has 0 spiro atoms. The maximum Gasteiger partial charge on any atom is 0.223 e. The van der Waals surface area contributed by atoms with Gasteiger partial charge in [0.1, 0.15) is 0 Å². The van der Waals surface area contributed by atoms with Crippen molar-refractivity contribution < 1.29 is 4.79 Å². The van der Waals surface area contributed by atoms with E-state index in [1.54, 1.807) is 0 Å². The van der Waals surface area contributed by atoms with Crippen LogP contribution in [0.1, 0.15) is 52.9 Å². The van der Waals surface area contributed by atoms with Gasteiger partial charge in [0.25, 0.3) is 0 Å². The Morgan fingerprint density at radius 1 is 1.27 bits per heavy atom. The van der Waals surface area contributed by atoms with E-state index in [4.69, 9.17) is 0 Å². The summed E-state index contributed by atoms with van der Waals surface area (Å²) in [5.74, 6) is 2.09. The van der Waals surface area contributed by atoms with Gasteiger partial charge >= 0.3 is 0 Å². The van der Waals surface area contributed by atoms with Crippen LogP contribution in [-0.2, 0) is 4.79 Å². The summed E-state index contributed by atoms with van der Waals surface area (Å²) in [6.45, 7) is 7.51. The van der Waals surface area contributed by atoms with E-state index in [2.05, 4.69) is 26.1 Å². The van der Waals surface area contributed by atoms with E-state index in [0.717, 1.165) is 31.7 Å². The van der Waals surface area contributed by atoms with Crippen LogP contribution in [0.3, 0.4) is 0 Å². The van der Waals surface area contributed by atoms with Crippen molar-refractivity contribution >= 4 is 5.91 Å². The highest BCUT2D eigenvalue weighted by molar-refractivity contribution is 5.78. The van der Waals surface area contributed by atoms with Crippen LogP contribution >= 0.6 is 0 Å². The third-order valence-electron chi connectivity index (χ3n) is 3.41. The smallest absolute Gasteiger partial charge is 0.223 e. The van der Waals surface area contributed by atoms with Gasteiger partial charge in [0.05, 0.1) is 0 Å². The molecule has 0 radical (unpaired) electrons. The van der Waals surface area contributed by atoms with E-state index in [-0.39, 0.29) is 0 Å². The molecule has 1 N–H and O–H groups in total. The molecule has 0 bridgehead atoms. The van der Waals surface area contributed by atoms with E-state index in [1.807, 2.05) is 0 Å². The molecule has 0 aromatic heterocycles. The minimum Gasteiger partial charge on any atom is -0.356 e. The second kappa shape index (κ2) is 6.14. The molecule has 2 nitrogen and oxygen atoms in total. The standard InChI is InChI=1S/C13H25NO/c1-10(2)8-9-14-13(15)12-6-4-11(3)5-7-12/h10-12H,4-9H2,1-3H3,(H,14,15)/t11-,12+. The lowest BCUT2D eigenvalue weighted by molar-refractivity contribution is -0.126. The molecular weight excluding hydrogens is 186 g/mol. The Morgan fingerprint density at radius 2 is 1.87 bits per heavy atom. The van der Waals surface area contributed by atoms with Gasteiger partial charge < -0.3 is 5.32 Å². The number of hydrogen-bond acceptors (Lipinski definition) is 1. The summed E-state index contributed by atoms with van der Waals surface area (Å²) >= 11 is 0. The second-order valence-electron chi connectivity index (χ2n) is 5.43. The first-order valence-corrected chi connectivity index (χ1v) is 6.37. The quantitative estimate of drug-likeness (QED) is 0.761. The van der Waals surface area contributed by atoms with Gasteiger partial charge in [-0.15, -0.1) is 0 Å². The Morgan fingerprint density at radius 3 is 2.40 bits per heavy atom. The van der Waals surface area contributed by atoms with Crippen molar-refractivity contribution in [1.29, 1.82) is 0 Å². The lowest BCUT2D eigenvalue weighted by Crippen LogP contribution is -2.33. The van der Waals surface area contributed by atoms with Gasteiger partial charge in [0.2, 0.25) is 5.91 Å². The number of rotatable bonds is 4. The van der Waals surface area contributed by atoms with Crippen molar-refractivity contribution in [3.8, 4) is 0 Å². The first-order chi connectivity index (χ1) is 7.09. The fraction of sp³-hybridized carbons (Fsp3) is 0.923. The van der Waals surface area contributed by atoms with E-state index >= 15 is 0 Å². The summed E-state index contributed by atoms with van der Waals surface area (Å²) < 4.78 is 0. The van der Waals surface area contributed by atoms with Crippen LogP contribution in [0, 0.1) is 17.8 Å². The minimum atomic E-state index is 0.294. The van der Waals surface area contributed by atoms with Crippen LogP contribution in [0.2, 0.25) is 0 Å². The van der Waals surface area contributed by atoms with Gasteiger partial charge in [-0.2, -0.15) is 0 Å². The number of nitrogens with one attached hydrogen (secondary N) is 1. The second-order valence-corrected chi connectivity index (χ2v) is 5.43. The van der Waals surface area contributed by atoms with E-state index < -0.39 is 0 Å². The Hall–Kier alpha value is -0.530. The third-order valence-corrected chi connectivity index (χ3v) is 3.41. The van der Waals surface area contributed by atoms with Gasteiger partial charge in [0, 0.05) is 12.5 Å². The molecule has 0 saturated heterocycles. The van der Waals surface area contributed by atoms with Gasteiger partial charge in [0.15, 0.2) is 0 Å². The first-order valence-electron chi connectivity index (χ1n) is 6.37. The Labute approximate surface area is 93.8 Å². The highest BCUT2D eigenvalue weighted by Gasteiger charge is 2.23. The van der Waals surface area contributed by atoms with Crippen molar-refractivity contribution in [2.24, 2.45) is 17.8 Å². The lowest BCUT2D eigenvalue weighted by atomic mass is 9.82. The molecule has 0 atom stereocenters. The largest absolute Gasteiger partial charge is 0.356 e. The SMILES string of the molecule is CC(C)CCNC(=O)[C@H]1CC[C@@H](C)CC1. The molecular formula is C13H25NO. The highest BCUT2D eigenvalue weighted by atomic mass is 16.1. The van der Waals surface area contributed by atoms with Gasteiger partial charge in [-0.25, -0.2) is 0 Å². The van der Waals surface area contributed by atoms with Crippen molar-refractivity contribution in [2.75, 3.05) is 6.54 Å². The summed E-state index contributed by atoms with van der Waals surface area (Å²) in [4.78, 5) is 11.8. The molecule has 0 aliphatic heterocycles. The van der Waals surface area contributed by atoms with Crippen LogP contribution in [0.5, 0.6) is 0 Å². The van der Waals surface area contributed by atoms with Crippen LogP contribution in [0.25, 0.3) is 0 Å². The molecule has 1 rings (SSSR count). The molecule has 1 aliphatic carbocycles. The monoisotopic (exact) mass is 211 g/mol. The van der Waals surface area contributed by atoms with Crippen LogP contribution < -0.4 is 5.32 Å². The normalized spacial score (nSPS) is 26.7. The zero-order valence-corrected chi connectivity index (χ0v) is 10.4. The fourth-order valence-electron chi connectivity index (χ4n) is 2.15. The summed E-state index contributed by atoms with van der Waals surface area (Å²) in [6, 6.07) is 0. The fourth-order valence-corrected chi connectivity index (χ4v) is 2.15. The summed E-state index contributed by atoms with van der Waals surface area (Å²) in [6.07, 6.45) is 5.72. The molecule has 15 heavy (non-hydrogen) atoms. The maximum absolute atomic E-state index is 11.8. The van der Waals surface area contributed by atoms with Gasteiger partial charge in [-0.3, -0.25) is 4.79 Å². The molecule has 88 valence electrons. The number of carbonyl (C=O) groups is 1. The molecule has 1 saturated carbocycles. The Bertz CT molecular complexity index is 193. The van der Waals surface area contributed by atoms with Crippen molar-refractivity contribution in [3.63, 3.8) is 0 Å². The average Bonchev–Trinajstić information content (AvgIpc) is 2.18. The zero-order valence-electron chi connectivity index (χ0n) is 10.4. The van der Waals surface area contributed by atoms with Crippen molar-refractivity contribution in [1.82, 2.24) is 5.32 Å². The molecule has 0 heterocycles. The first kappa shape index (κ1) is 12.5. The lowest BCUT2D eigenvalue weighted by Gasteiger charge is -2.25. The predicted octanol–water partition coefficient (Wildman–Crippen LogP) is 2.98. The van der Waals surface area contributed by atoms with Crippen molar-refractivity contribution in [2.45, 2.75) is 52.9 Å². The van der Waals surface area contributed by atoms with E-state index in [0.29, 0.717) is 17.7 Å². The maximum atomic E-state index is 11.8. The number of carbonyl (C=O) groups excluding carboxylic acids is 1. The zero-order chi connectivity index (χ0) is 11.3. The molecule has 1 fully saturated rings. The average molecular weight is 211 g/mol. The molecule has 1 amide bonds. The topological polar surface area (TPSA) is 29.1 Å². The Balaban J connectivity index is 2.17. The predicted molar refractivity (Wildman–Crippen MR) is 63.6 cm³/mol. The molecule has 0 aromatic carbocycles. The van der Waals surface area contributed by atoms with Crippen LogP contribution in [-0.4, -0.2) is 12.5 Å². The molecule has 0 unspecified atom stereocenters. The molecule has 0 aromatic rings. The Kier molecular flexibility index (Phi) is 5.13. The number of amides is 1. The molecule has 2 heteroatoms. The molecule has 1 aliphatic rings. The van der Waals surface area contributed by atoms with Crippen LogP contribution in [0.15, 0.2) is 0 Å². The van der Waals surface area contributed by atoms with E-state index in [9.17, 15) is 4.79 Å².